The molecule has 0 radical (unpaired) electrons. The number of hydrogen-bond acceptors (Lipinski definition) is 2. The molecule has 0 aliphatic heterocycles. The first-order valence-electron chi connectivity index (χ1n) is 7.59. The van der Waals surface area contributed by atoms with Gasteiger partial charge in [-0.15, -0.1) is 0 Å². The van der Waals surface area contributed by atoms with E-state index in [0.717, 1.165) is 24.1 Å². The van der Waals surface area contributed by atoms with Crippen molar-refractivity contribution in [2.24, 2.45) is 5.41 Å². The minimum absolute atomic E-state index is 0.172. The molecule has 2 rings (SSSR count). The van der Waals surface area contributed by atoms with E-state index in [0.29, 0.717) is 5.41 Å². The van der Waals surface area contributed by atoms with Crippen molar-refractivity contribution in [1.82, 2.24) is 10.6 Å². The van der Waals surface area contributed by atoms with Crippen molar-refractivity contribution < 1.29 is 0 Å². The van der Waals surface area contributed by atoms with Crippen molar-refractivity contribution in [3.8, 4) is 0 Å². The first-order chi connectivity index (χ1) is 9.47. The molecule has 2 N–H and O–H groups in total. The van der Waals surface area contributed by atoms with Gasteiger partial charge in [0.1, 0.15) is 0 Å². The van der Waals surface area contributed by atoms with Crippen molar-refractivity contribution in [3.05, 3.63) is 34.3 Å². The molecule has 1 fully saturated rings. The Morgan fingerprint density at radius 1 is 1.15 bits per heavy atom. The second-order valence-corrected chi connectivity index (χ2v) is 7.79. The van der Waals surface area contributed by atoms with Crippen LogP contribution in [0.1, 0.15) is 38.7 Å². The van der Waals surface area contributed by atoms with Gasteiger partial charge >= 0.3 is 0 Å². The van der Waals surface area contributed by atoms with Gasteiger partial charge in [0, 0.05) is 29.5 Å². The highest BCUT2D eigenvalue weighted by molar-refractivity contribution is 9.10. The van der Waals surface area contributed by atoms with Crippen LogP contribution >= 0.6 is 15.9 Å². The summed E-state index contributed by atoms with van der Waals surface area (Å²) >= 11 is 3.50. The van der Waals surface area contributed by atoms with Gasteiger partial charge in [0.05, 0.1) is 0 Å². The van der Waals surface area contributed by atoms with Gasteiger partial charge < -0.3 is 10.6 Å². The lowest BCUT2D eigenvalue weighted by molar-refractivity contribution is 0.128. The fourth-order valence-electron chi connectivity index (χ4n) is 3.11. The molecule has 0 unspecified atom stereocenters. The molecule has 1 saturated carbocycles. The summed E-state index contributed by atoms with van der Waals surface area (Å²) in [7, 11) is 2.06. The summed E-state index contributed by atoms with van der Waals surface area (Å²) in [5.41, 5.74) is 2.07. The van der Waals surface area contributed by atoms with Gasteiger partial charge in [-0.25, -0.2) is 0 Å². The van der Waals surface area contributed by atoms with Crippen LogP contribution in [0.3, 0.4) is 0 Å². The smallest absolute Gasteiger partial charge is 0.0175 e. The van der Waals surface area contributed by atoms with Crippen LogP contribution in [0, 0.1) is 5.41 Å². The van der Waals surface area contributed by atoms with Gasteiger partial charge in [-0.2, -0.15) is 0 Å². The predicted molar refractivity (Wildman–Crippen MR) is 90.2 cm³/mol. The minimum Gasteiger partial charge on any atom is -0.319 e. The maximum absolute atomic E-state index is 3.71. The van der Waals surface area contributed by atoms with Crippen LogP contribution in [0.25, 0.3) is 0 Å². The van der Waals surface area contributed by atoms with Crippen molar-refractivity contribution in [2.45, 2.75) is 38.5 Å². The van der Waals surface area contributed by atoms with E-state index in [4.69, 9.17) is 0 Å². The third kappa shape index (κ3) is 3.84. The summed E-state index contributed by atoms with van der Waals surface area (Å²) in [6, 6.07) is 8.70. The molecule has 0 aromatic heterocycles. The molecule has 1 aliphatic rings. The van der Waals surface area contributed by atoms with Gasteiger partial charge in [-0.3, -0.25) is 0 Å². The molecule has 1 aromatic rings. The largest absolute Gasteiger partial charge is 0.319 e. The van der Waals surface area contributed by atoms with Gasteiger partial charge in [-0.05, 0) is 43.0 Å². The van der Waals surface area contributed by atoms with Gasteiger partial charge in [-0.1, -0.05) is 48.3 Å². The molecular formula is C17H27BrN2. The Labute approximate surface area is 131 Å². The highest BCUT2D eigenvalue weighted by Crippen LogP contribution is 2.39. The normalized spacial score (nSPS) is 17.8. The second-order valence-electron chi connectivity index (χ2n) is 6.88. The maximum Gasteiger partial charge on any atom is 0.0175 e. The number of halogens is 1. The zero-order valence-corrected chi connectivity index (χ0v) is 14.5. The Balaban J connectivity index is 1.87. The Hall–Kier alpha value is -0.380. The fraction of sp³-hybridized carbons (Fsp3) is 0.647. The number of benzene rings is 1. The molecule has 1 aliphatic carbocycles. The SMILES string of the molecule is CNCC1(CNCC(C)(C)c2ccc(Br)cc2)CCC1. The fourth-order valence-corrected chi connectivity index (χ4v) is 3.38. The topological polar surface area (TPSA) is 24.1 Å². The third-order valence-corrected chi connectivity index (χ3v) is 5.19. The Bertz CT molecular complexity index is 421. The summed E-state index contributed by atoms with van der Waals surface area (Å²) in [4.78, 5) is 0. The summed E-state index contributed by atoms with van der Waals surface area (Å²) in [6.45, 7) is 7.93. The molecule has 0 heterocycles. The highest BCUT2D eigenvalue weighted by Gasteiger charge is 2.36. The van der Waals surface area contributed by atoms with Gasteiger partial charge in [0.15, 0.2) is 0 Å². The van der Waals surface area contributed by atoms with E-state index < -0.39 is 0 Å². The molecular weight excluding hydrogens is 312 g/mol. The minimum atomic E-state index is 0.172. The van der Waals surface area contributed by atoms with Crippen molar-refractivity contribution in [3.63, 3.8) is 0 Å². The zero-order chi connectivity index (χ0) is 14.6. The molecule has 2 nitrogen and oxygen atoms in total. The number of nitrogens with one attached hydrogen (secondary N) is 2. The third-order valence-electron chi connectivity index (χ3n) is 4.66. The lowest BCUT2D eigenvalue weighted by Crippen LogP contribution is -2.48. The zero-order valence-electron chi connectivity index (χ0n) is 12.9. The maximum atomic E-state index is 3.71. The van der Waals surface area contributed by atoms with Gasteiger partial charge in [0.25, 0.3) is 0 Å². The van der Waals surface area contributed by atoms with Gasteiger partial charge in [0.2, 0.25) is 0 Å². The lowest BCUT2D eigenvalue weighted by atomic mass is 9.68. The van der Waals surface area contributed by atoms with Crippen LogP contribution in [-0.2, 0) is 5.41 Å². The summed E-state index contributed by atoms with van der Waals surface area (Å²) in [5.74, 6) is 0. The van der Waals surface area contributed by atoms with E-state index in [1.54, 1.807) is 0 Å². The molecule has 0 spiro atoms. The average molecular weight is 339 g/mol. The summed E-state index contributed by atoms with van der Waals surface area (Å²) in [6.07, 6.45) is 4.11. The highest BCUT2D eigenvalue weighted by atomic mass is 79.9. The molecule has 0 atom stereocenters. The van der Waals surface area contributed by atoms with E-state index in [1.807, 2.05) is 0 Å². The molecule has 0 amide bonds. The van der Waals surface area contributed by atoms with E-state index in [1.165, 1.54) is 24.8 Å². The summed E-state index contributed by atoms with van der Waals surface area (Å²) < 4.78 is 1.15. The second kappa shape index (κ2) is 6.59. The predicted octanol–water partition coefficient (Wildman–Crippen LogP) is 3.71. The van der Waals surface area contributed by atoms with E-state index >= 15 is 0 Å². The van der Waals surface area contributed by atoms with Crippen molar-refractivity contribution in [2.75, 3.05) is 26.7 Å². The molecule has 3 heteroatoms. The first-order valence-corrected chi connectivity index (χ1v) is 8.38. The molecule has 0 saturated heterocycles. The standard InChI is InChI=1S/C17H27BrN2/c1-16(2,14-5-7-15(18)8-6-14)11-20-13-17(12-19-3)9-4-10-17/h5-8,19-20H,4,9-13H2,1-3H3. The number of hydrogen-bond donors (Lipinski definition) is 2. The monoisotopic (exact) mass is 338 g/mol. The first kappa shape index (κ1) is 16.0. The van der Waals surface area contributed by atoms with Crippen LogP contribution in [0.15, 0.2) is 28.7 Å². The van der Waals surface area contributed by atoms with Crippen molar-refractivity contribution in [1.29, 1.82) is 0 Å². The Morgan fingerprint density at radius 2 is 1.80 bits per heavy atom. The average Bonchev–Trinajstić information content (AvgIpc) is 2.36. The Kier molecular flexibility index (Phi) is 5.27. The lowest BCUT2D eigenvalue weighted by Gasteiger charge is -2.43. The molecule has 112 valence electrons. The van der Waals surface area contributed by atoms with Crippen LogP contribution in [0.5, 0.6) is 0 Å². The number of rotatable bonds is 7. The van der Waals surface area contributed by atoms with Crippen LogP contribution in [-0.4, -0.2) is 26.7 Å². The van der Waals surface area contributed by atoms with E-state index in [9.17, 15) is 0 Å². The van der Waals surface area contributed by atoms with E-state index in [-0.39, 0.29) is 5.41 Å². The Morgan fingerprint density at radius 3 is 2.30 bits per heavy atom. The van der Waals surface area contributed by atoms with Crippen LogP contribution in [0.4, 0.5) is 0 Å². The molecule has 20 heavy (non-hydrogen) atoms. The van der Waals surface area contributed by atoms with Crippen LogP contribution < -0.4 is 10.6 Å². The van der Waals surface area contributed by atoms with Crippen LogP contribution in [0.2, 0.25) is 0 Å². The van der Waals surface area contributed by atoms with Crippen molar-refractivity contribution >= 4 is 15.9 Å². The molecule has 0 bridgehead atoms. The quantitative estimate of drug-likeness (QED) is 0.791. The molecule has 1 aromatic carbocycles. The summed E-state index contributed by atoms with van der Waals surface area (Å²) in [5, 5.41) is 7.07. The van der Waals surface area contributed by atoms with E-state index in [2.05, 4.69) is 71.7 Å².